The summed E-state index contributed by atoms with van der Waals surface area (Å²) >= 11 is 3.02. The minimum absolute atomic E-state index is 0.0147. The molecule has 0 spiro atoms. The number of nitrogens with zero attached hydrogens (tertiary/aromatic N) is 4. The number of amidine groups is 1. The maximum Gasteiger partial charge on any atom is 0.269 e. The number of thioether (sulfide) groups is 2. The van der Waals surface area contributed by atoms with Crippen molar-refractivity contribution in [2.24, 2.45) is 4.99 Å². The molecular weight excluding hydrogens is 394 g/mol. The monoisotopic (exact) mass is 415 g/mol. The topological polar surface area (TPSA) is 73.8 Å². The van der Waals surface area contributed by atoms with Crippen molar-refractivity contribution >= 4 is 46.0 Å². The second-order valence-corrected chi connectivity index (χ2v) is 8.47. The Labute approximate surface area is 172 Å². The lowest BCUT2D eigenvalue weighted by atomic mass is 10.3. The number of fused-ring (bicyclic) bond motifs is 1. The molecule has 1 aromatic carbocycles. The summed E-state index contributed by atoms with van der Waals surface area (Å²) in [6.45, 7) is 6.36. The van der Waals surface area contributed by atoms with Crippen LogP contribution in [0.2, 0.25) is 0 Å². The number of rotatable bonds is 3. The Hall–Kier alpha value is -2.39. The molecule has 9 heteroatoms. The predicted octanol–water partition coefficient (Wildman–Crippen LogP) is 4.03. The van der Waals surface area contributed by atoms with Crippen LogP contribution in [-0.4, -0.2) is 46.9 Å². The molecule has 7 nitrogen and oxygen atoms in total. The standard InChI is InChI=1S/C19H21N5O2S2/c1-6-24-17(25)16(28-19(24)20-15-10(2)21-22-11(15)3)18-23(4)13-9-12(26-5)7-8-14(13)27-18/h7-9H,6H2,1-5H3,(H,21,22)/b18-16+,20-19?. The first-order valence-corrected chi connectivity index (χ1v) is 10.5. The molecule has 2 aliphatic rings. The molecule has 0 unspecified atom stereocenters. The van der Waals surface area contributed by atoms with Gasteiger partial charge in [-0.05, 0) is 44.7 Å². The van der Waals surface area contributed by atoms with Gasteiger partial charge in [0, 0.05) is 24.6 Å². The highest BCUT2D eigenvalue weighted by atomic mass is 32.2. The van der Waals surface area contributed by atoms with Crippen LogP contribution in [0.4, 0.5) is 11.4 Å². The fraction of sp³-hybridized carbons (Fsp3) is 0.316. The van der Waals surface area contributed by atoms with Gasteiger partial charge in [0.2, 0.25) is 0 Å². The second-order valence-electron chi connectivity index (χ2n) is 6.46. The molecule has 2 aromatic rings. The minimum atomic E-state index is -0.0147. The van der Waals surface area contributed by atoms with Crippen molar-refractivity contribution in [3.63, 3.8) is 0 Å². The molecule has 146 valence electrons. The van der Waals surface area contributed by atoms with E-state index < -0.39 is 0 Å². The lowest BCUT2D eigenvalue weighted by Crippen LogP contribution is -2.29. The fourth-order valence-electron chi connectivity index (χ4n) is 3.16. The number of anilines is 1. The van der Waals surface area contributed by atoms with E-state index in [0.717, 1.165) is 38.4 Å². The average molecular weight is 416 g/mol. The first-order valence-electron chi connectivity index (χ1n) is 8.88. The van der Waals surface area contributed by atoms with Crippen LogP contribution in [-0.2, 0) is 4.79 Å². The van der Waals surface area contributed by atoms with Gasteiger partial charge in [0.25, 0.3) is 5.91 Å². The molecule has 0 radical (unpaired) electrons. The zero-order valence-electron chi connectivity index (χ0n) is 16.4. The van der Waals surface area contributed by atoms with Crippen LogP contribution in [0.3, 0.4) is 0 Å². The molecule has 0 aliphatic carbocycles. The molecule has 1 aromatic heterocycles. The molecule has 0 saturated carbocycles. The number of carbonyl (C=O) groups excluding carboxylic acids is 1. The molecule has 4 rings (SSSR count). The number of likely N-dealkylation sites (N-methyl/N-ethyl adjacent to an activating group) is 1. The van der Waals surface area contributed by atoms with E-state index in [1.807, 2.05) is 50.9 Å². The summed E-state index contributed by atoms with van der Waals surface area (Å²) in [6, 6.07) is 5.95. The van der Waals surface area contributed by atoms with Crippen LogP contribution in [0.15, 0.2) is 38.0 Å². The Morgan fingerprint density at radius 2 is 2.07 bits per heavy atom. The van der Waals surface area contributed by atoms with Crippen molar-refractivity contribution in [3.8, 4) is 5.75 Å². The van der Waals surface area contributed by atoms with Gasteiger partial charge in [-0.25, -0.2) is 4.99 Å². The third kappa shape index (κ3) is 2.98. The molecule has 1 fully saturated rings. The number of aryl methyl sites for hydroxylation is 2. The fourth-order valence-corrected chi connectivity index (χ4v) is 5.53. The average Bonchev–Trinajstić information content (AvgIpc) is 3.30. The smallest absolute Gasteiger partial charge is 0.269 e. The Kier molecular flexibility index (Phi) is 4.88. The van der Waals surface area contributed by atoms with E-state index in [1.54, 1.807) is 23.8 Å². The largest absolute Gasteiger partial charge is 0.497 e. The lowest BCUT2D eigenvalue weighted by molar-refractivity contribution is -0.122. The molecule has 1 amide bonds. The van der Waals surface area contributed by atoms with E-state index >= 15 is 0 Å². The highest BCUT2D eigenvalue weighted by Crippen LogP contribution is 2.51. The maximum atomic E-state index is 13.1. The summed E-state index contributed by atoms with van der Waals surface area (Å²) in [6.07, 6.45) is 0. The number of nitrogens with one attached hydrogen (secondary N) is 1. The van der Waals surface area contributed by atoms with E-state index in [0.29, 0.717) is 16.6 Å². The van der Waals surface area contributed by atoms with Crippen LogP contribution >= 0.6 is 23.5 Å². The Balaban J connectivity index is 1.74. The summed E-state index contributed by atoms with van der Waals surface area (Å²) in [5.74, 6) is 0.783. The van der Waals surface area contributed by atoms with Gasteiger partial charge in [-0.1, -0.05) is 11.8 Å². The molecule has 28 heavy (non-hydrogen) atoms. The number of hydrogen-bond acceptors (Lipinski definition) is 7. The first kappa shape index (κ1) is 18.9. The molecule has 0 bridgehead atoms. The zero-order valence-corrected chi connectivity index (χ0v) is 18.0. The Bertz CT molecular complexity index is 1010. The van der Waals surface area contributed by atoms with Gasteiger partial charge in [0.1, 0.15) is 16.3 Å². The van der Waals surface area contributed by atoms with Crippen molar-refractivity contribution in [3.05, 3.63) is 39.5 Å². The second kappa shape index (κ2) is 7.21. The number of carbonyl (C=O) groups is 1. The first-order chi connectivity index (χ1) is 13.4. The summed E-state index contributed by atoms with van der Waals surface area (Å²) in [5, 5.41) is 8.75. The van der Waals surface area contributed by atoms with Crippen molar-refractivity contribution < 1.29 is 9.53 Å². The molecule has 1 saturated heterocycles. The Morgan fingerprint density at radius 3 is 2.71 bits per heavy atom. The van der Waals surface area contributed by atoms with Gasteiger partial charge in [-0.3, -0.25) is 14.8 Å². The van der Waals surface area contributed by atoms with E-state index in [4.69, 9.17) is 9.73 Å². The van der Waals surface area contributed by atoms with E-state index in [1.165, 1.54) is 11.8 Å². The molecule has 0 atom stereocenters. The lowest BCUT2D eigenvalue weighted by Gasteiger charge is -2.15. The highest BCUT2D eigenvalue weighted by Gasteiger charge is 2.38. The zero-order chi connectivity index (χ0) is 20.0. The SMILES string of the molecule is CCN1C(=O)/C(=C2\Sc3ccc(OC)cc3N2C)SC1=Nc1c(C)n[nH]c1C. The number of aliphatic imine (C=N–C) groups is 1. The third-order valence-corrected chi connectivity index (χ3v) is 7.14. The summed E-state index contributed by atoms with van der Waals surface area (Å²) in [7, 11) is 3.63. The number of H-pyrrole nitrogens is 1. The molecule has 3 heterocycles. The molecular formula is C19H21N5O2S2. The Morgan fingerprint density at radius 1 is 1.29 bits per heavy atom. The number of methoxy groups -OCH3 is 1. The van der Waals surface area contributed by atoms with E-state index in [-0.39, 0.29) is 5.91 Å². The van der Waals surface area contributed by atoms with Crippen LogP contribution in [0.25, 0.3) is 0 Å². The van der Waals surface area contributed by atoms with Gasteiger partial charge >= 0.3 is 0 Å². The summed E-state index contributed by atoms with van der Waals surface area (Å²) in [5.41, 5.74) is 3.54. The van der Waals surface area contributed by atoms with Gasteiger partial charge in [0.05, 0.1) is 29.2 Å². The van der Waals surface area contributed by atoms with Crippen LogP contribution in [0.1, 0.15) is 18.3 Å². The van der Waals surface area contributed by atoms with Gasteiger partial charge in [-0.15, -0.1) is 0 Å². The van der Waals surface area contributed by atoms with Gasteiger partial charge < -0.3 is 9.64 Å². The molecule has 1 N–H and O–H groups in total. The van der Waals surface area contributed by atoms with Crippen molar-refractivity contribution in [1.29, 1.82) is 0 Å². The number of amides is 1. The number of hydrogen-bond donors (Lipinski definition) is 1. The number of aromatic amines is 1. The third-order valence-electron chi connectivity index (χ3n) is 4.71. The minimum Gasteiger partial charge on any atom is -0.497 e. The molecule has 2 aliphatic heterocycles. The van der Waals surface area contributed by atoms with Crippen molar-refractivity contribution in [2.75, 3.05) is 25.6 Å². The van der Waals surface area contributed by atoms with Gasteiger partial charge in [-0.2, -0.15) is 5.10 Å². The normalized spacial score (nSPS) is 20.5. The number of ether oxygens (including phenoxy) is 1. The van der Waals surface area contributed by atoms with Crippen LogP contribution in [0.5, 0.6) is 5.75 Å². The van der Waals surface area contributed by atoms with Crippen LogP contribution in [0, 0.1) is 13.8 Å². The van der Waals surface area contributed by atoms with Crippen molar-refractivity contribution in [1.82, 2.24) is 15.1 Å². The number of aromatic nitrogens is 2. The number of benzene rings is 1. The van der Waals surface area contributed by atoms with Crippen LogP contribution < -0.4 is 9.64 Å². The maximum absolute atomic E-state index is 13.1. The summed E-state index contributed by atoms with van der Waals surface area (Å²) < 4.78 is 5.34. The van der Waals surface area contributed by atoms with E-state index in [9.17, 15) is 4.79 Å². The quantitative estimate of drug-likeness (QED) is 0.763. The predicted molar refractivity (Wildman–Crippen MR) is 114 cm³/mol. The highest BCUT2D eigenvalue weighted by molar-refractivity contribution is 8.19. The van der Waals surface area contributed by atoms with Crippen molar-refractivity contribution in [2.45, 2.75) is 25.7 Å². The van der Waals surface area contributed by atoms with E-state index in [2.05, 4.69) is 10.2 Å². The summed E-state index contributed by atoms with van der Waals surface area (Å²) in [4.78, 5) is 23.5. The van der Waals surface area contributed by atoms with Gasteiger partial charge in [0.15, 0.2) is 5.17 Å².